The Kier molecular flexibility index (Phi) is 4.58. The van der Waals surface area contributed by atoms with Gasteiger partial charge in [-0.05, 0) is 50.1 Å². The van der Waals surface area contributed by atoms with Crippen LogP contribution in [0.15, 0.2) is 33.9 Å². The van der Waals surface area contributed by atoms with Gasteiger partial charge in [0.25, 0.3) is 10.0 Å². The Balaban J connectivity index is 2.50. The van der Waals surface area contributed by atoms with Crippen LogP contribution >= 0.6 is 11.3 Å². The molecular formula is C15H17NO4S2. The van der Waals surface area contributed by atoms with E-state index in [1.165, 1.54) is 15.8 Å². The number of aromatic carboxylic acids is 1. The zero-order valence-corrected chi connectivity index (χ0v) is 14.2. The summed E-state index contributed by atoms with van der Waals surface area (Å²) >= 11 is 0.921. The van der Waals surface area contributed by atoms with Crippen molar-refractivity contribution in [1.29, 1.82) is 0 Å². The quantitative estimate of drug-likeness (QED) is 0.907. The van der Waals surface area contributed by atoms with E-state index in [1.54, 1.807) is 19.1 Å². The Bertz CT molecular complexity index is 788. The maximum atomic E-state index is 12.8. The summed E-state index contributed by atoms with van der Waals surface area (Å²) in [5, 5.41) is 10.3. The van der Waals surface area contributed by atoms with Gasteiger partial charge in [0.1, 0.15) is 4.21 Å². The predicted octanol–water partition coefficient (Wildman–Crippen LogP) is 3.28. The average Bonchev–Trinajstić information content (AvgIpc) is 2.88. The summed E-state index contributed by atoms with van der Waals surface area (Å²) in [6.07, 6.45) is 0. The molecule has 0 fully saturated rings. The van der Waals surface area contributed by atoms with Crippen LogP contribution in [0.25, 0.3) is 0 Å². The third-order valence-electron chi connectivity index (χ3n) is 3.15. The third kappa shape index (κ3) is 3.15. The molecule has 0 aliphatic carbocycles. The highest BCUT2D eigenvalue weighted by Crippen LogP contribution is 2.29. The molecule has 7 heteroatoms. The van der Waals surface area contributed by atoms with Crippen molar-refractivity contribution in [3.8, 4) is 0 Å². The molecule has 5 nitrogen and oxygen atoms in total. The lowest BCUT2D eigenvalue weighted by Gasteiger charge is -2.23. The Labute approximate surface area is 133 Å². The fraction of sp³-hybridized carbons (Fsp3) is 0.267. The van der Waals surface area contributed by atoms with Crippen molar-refractivity contribution < 1.29 is 18.3 Å². The maximum Gasteiger partial charge on any atom is 0.336 e. The molecule has 1 aromatic carbocycles. The number of hydrogen-bond acceptors (Lipinski definition) is 4. The van der Waals surface area contributed by atoms with Crippen molar-refractivity contribution in [1.82, 2.24) is 0 Å². The fourth-order valence-electron chi connectivity index (χ4n) is 2.26. The van der Waals surface area contributed by atoms with Crippen LogP contribution in [0.5, 0.6) is 0 Å². The number of anilines is 1. The molecule has 1 heterocycles. The largest absolute Gasteiger partial charge is 0.478 e. The van der Waals surface area contributed by atoms with Crippen molar-refractivity contribution >= 4 is 33.0 Å². The lowest BCUT2D eigenvalue weighted by atomic mass is 10.1. The van der Waals surface area contributed by atoms with Crippen LogP contribution in [-0.4, -0.2) is 26.0 Å². The van der Waals surface area contributed by atoms with E-state index in [2.05, 4.69) is 0 Å². The monoisotopic (exact) mass is 339 g/mol. The van der Waals surface area contributed by atoms with Crippen molar-refractivity contribution in [3.05, 3.63) is 46.3 Å². The molecule has 0 bridgehead atoms. The van der Waals surface area contributed by atoms with Gasteiger partial charge in [-0.3, -0.25) is 4.31 Å². The molecule has 2 rings (SSSR count). The number of aryl methyl sites for hydroxylation is 2. The van der Waals surface area contributed by atoms with Gasteiger partial charge >= 0.3 is 5.97 Å². The molecule has 0 radical (unpaired) electrons. The van der Waals surface area contributed by atoms with Gasteiger partial charge in [0.15, 0.2) is 0 Å². The van der Waals surface area contributed by atoms with Crippen LogP contribution < -0.4 is 4.31 Å². The van der Waals surface area contributed by atoms with Gasteiger partial charge in [-0.1, -0.05) is 6.07 Å². The van der Waals surface area contributed by atoms with E-state index in [-0.39, 0.29) is 16.3 Å². The SMILES string of the molecule is CCN(c1cc(C)cc(C)c1)S(=O)(=O)c1cc(C(=O)O)cs1. The first kappa shape index (κ1) is 16.5. The number of benzene rings is 1. The number of hydrogen-bond donors (Lipinski definition) is 1. The Morgan fingerprint density at radius 3 is 2.23 bits per heavy atom. The first-order valence-electron chi connectivity index (χ1n) is 6.68. The van der Waals surface area contributed by atoms with Crippen LogP contribution in [-0.2, 0) is 10.0 Å². The molecule has 0 saturated carbocycles. The summed E-state index contributed by atoms with van der Waals surface area (Å²) in [6.45, 7) is 5.84. The molecule has 0 aliphatic rings. The number of carboxylic acid groups (broad SMARTS) is 1. The zero-order chi connectivity index (χ0) is 16.5. The summed E-state index contributed by atoms with van der Waals surface area (Å²) in [7, 11) is -3.76. The molecule has 0 unspecified atom stereocenters. The van der Waals surface area contributed by atoms with Crippen LogP contribution in [0, 0.1) is 13.8 Å². The highest BCUT2D eigenvalue weighted by Gasteiger charge is 2.26. The van der Waals surface area contributed by atoms with Gasteiger partial charge in [0.2, 0.25) is 0 Å². The number of rotatable bonds is 5. The van der Waals surface area contributed by atoms with E-state index in [0.29, 0.717) is 5.69 Å². The predicted molar refractivity (Wildman–Crippen MR) is 87.4 cm³/mol. The van der Waals surface area contributed by atoms with Crippen molar-refractivity contribution in [2.45, 2.75) is 25.0 Å². The molecular weight excluding hydrogens is 322 g/mol. The van der Waals surface area contributed by atoms with E-state index in [1.807, 2.05) is 19.9 Å². The first-order valence-corrected chi connectivity index (χ1v) is 9.00. The second-order valence-corrected chi connectivity index (χ2v) is 7.98. The van der Waals surface area contributed by atoms with Crippen molar-refractivity contribution in [2.75, 3.05) is 10.8 Å². The summed E-state index contributed by atoms with van der Waals surface area (Å²) in [5.41, 5.74) is 2.52. The number of nitrogens with zero attached hydrogens (tertiary/aromatic N) is 1. The Hall–Kier alpha value is -1.86. The molecule has 1 aromatic heterocycles. The number of carbonyl (C=O) groups is 1. The number of thiophene rings is 1. The lowest BCUT2D eigenvalue weighted by Crippen LogP contribution is -2.30. The molecule has 22 heavy (non-hydrogen) atoms. The van der Waals surface area contributed by atoms with E-state index in [9.17, 15) is 13.2 Å². The smallest absolute Gasteiger partial charge is 0.336 e. The van der Waals surface area contributed by atoms with Gasteiger partial charge in [0.05, 0.1) is 11.3 Å². The second kappa shape index (κ2) is 6.10. The third-order valence-corrected chi connectivity index (χ3v) is 6.47. The molecule has 0 atom stereocenters. The van der Waals surface area contributed by atoms with Crippen LogP contribution in [0.3, 0.4) is 0 Å². The maximum absolute atomic E-state index is 12.8. The van der Waals surface area contributed by atoms with E-state index >= 15 is 0 Å². The van der Waals surface area contributed by atoms with E-state index < -0.39 is 16.0 Å². The molecule has 0 amide bonds. The Morgan fingerprint density at radius 1 is 1.18 bits per heavy atom. The van der Waals surface area contributed by atoms with Crippen LogP contribution in [0.2, 0.25) is 0 Å². The standard InChI is InChI=1S/C15H17NO4S2/c1-4-16(13-6-10(2)5-11(3)7-13)22(19,20)14-8-12(9-21-14)15(17)18/h5-9H,4H2,1-3H3,(H,17,18). The number of sulfonamides is 1. The van der Waals surface area contributed by atoms with Crippen molar-refractivity contribution in [2.24, 2.45) is 0 Å². The van der Waals surface area contributed by atoms with Gasteiger partial charge in [-0.15, -0.1) is 11.3 Å². The molecule has 118 valence electrons. The van der Waals surface area contributed by atoms with Gasteiger partial charge in [0, 0.05) is 11.9 Å². The zero-order valence-electron chi connectivity index (χ0n) is 12.5. The van der Waals surface area contributed by atoms with Gasteiger partial charge in [-0.2, -0.15) is 0 Å². The molecule has 0 spiro atoms. The molecule has 1 N–H and O–H groups in total. The second-order valence-electron chi connectivity index (χ2n) is 4.98. The molecule has 0 aliphatic heterocycles. The summed E-state index contributed by atoms with van der Waals surface area (Å²) in [5.74, 6) is -1.13. The minimum atomic E-state index is -3.76. The van der Waals surface area contributed by atoms with E-state index in [0.717, 1.165) is 22.5 Å². The van der Waals surface area contributed by atoms with E-state index in [4.69, 9.17) is 5.11 Å². The van der Waals surface area contributed by atoms with Gasteiger partial charge < -0.3 is 5.11 Å². The minimum Gasteiger partial charge on any atom is -0.478 e. The van der Waals surface area contributed by atoms with Gasteiger partial charge in [-0.25, -0.2) is 13.2 Å². The van der Waals surface area contributed by atoms with Crippen LogP contribution in [0.4, 0.5) is 5.69 Å². The normalized spacial score (nSPS) is 11.4. The summed E-state index contributed by atoms with van der Waals surface area (Å²) in [6, 6.07) is 6.78. The van der Waals surface area contributed by atoms with Crippen molar-refractivity contribution in [3.63, 3.8) is 0 Å². The van der Waals surface area contributed by atoms with Crippen LogP contribution in [0.1, 0.15) is 28.4 Å². The topological polar surface area (TPSA) is 74.7 Å². The lowest BCUT2D eigenvalue weighted by molar-refractivity contribution is 0.0697. The number of carboxylic acids is 1. The molecule has 0 saturated heterocycles. The summed E-state index contributed by atoms with van der Waals surface area (Å²) in [4.78, 5) is 10.9. The molecule has 2 aromatic rings. The highest BCUT2D eigenvalue weighted by atomic mass is 32.2. The Morgan fingerprint density at radius 2 is 1.77 bits per heavy atom. The summed E-state index contributed by atoms with van der Waals surface area (Å²) < 4.78 is 26.9. The first-order chi connectivity index (χ1) is 10.3. The minimum absolute atomic E-state index is 0.0138. The highest BCUT2D eigenvalue weighted by molar-refractivity contribution is 7.94. The fourth-order valence-corrected chi connectivity index (χ4v) is 4.98. The average molecular weight is 339 g/mol.